The molecule has 0 aliphatic heterocycles. The van der Waals surface area contributed by atoms with E-state index in [2.05, 4.69) is 5.32 Å². The molecule has 0 fully saturated rings. The van der Waals surface area contributed by atoms with E-state index < -0.39 is 28.0 Å². The van der Waals surface area contributed by atoms with Crippen molar-refractivity contribution in [2.45, 2.75) is 31.8 Å². The normalized spacial score (nSPS) is 12.8. The van der Waals surface area contributed by atoms with E-state index >= 15 is 0 Å². The van der Waals surface area contributed by atoms with Crippen LogP contribution in [0, 0.1) is 5.92 Å². The van der Waals surface area contributed by atoms with Gasteiger partial charge in [-0.2, -0.15) is 0 Å². The zero-order chi connectivity index (χ0) is 16.2. The van der Waals surface area contributed by atoms with Crippen molar-refractivity contribution in [3.8, 4) is 0 Å². The van der Waals surface area contributed by atoms with Gasteiger partial charge in [-0.3, -0.25) is 9.59 Å². The lowest BCUT2D eigenvalue weighted by molar-refractivity contribution is -0.156. The molecule has 1 amide bonds. The second-order valence-electron chi connectivity index (χ2n) is 4.79. The topological polar surface area (TPSA) is 116 Å². The number of anilines is 1. The summed E-state index contributed by atoms with van der Waals surface area (Å²) in [7, 11) is -3.77. The molecule has 1 aromatic carbocycles. The number of rotatable bonds is 5. The van der Waals surface area contributed by atoms with Crippen LogP contribution in [0.1, 0.15) is 20.8 Å². The fraction of sp³-hybridized carbons (Fsp3) is 0.385. The van der Waals surface area contributed by atoms with Crippen molar-refractivity contribution in [2.24, 2.45) is 11.1 Å². The maximum absolute atomic E-state index is 11.8. The molecular formula is C13H18N2O5S. The fourth-order valence-corrected chi connectivity index (χ4v) is 1.85. The van der Waals surface area contributed by atoms with E-state index in [1.54, 1.807) is 13.8 Å². The van der Waals surface area contributed by atoms with Gasteiger partial charge in [0.2, 0.25) is 10.0 Å². The number of carbonyl (C=O) groups is 2. The molecule has 116 valence electrons. The quantitative estimate of drug-likeness (QED) is 0.782. The smallest absolute Gasteiger partial charge is 0.309 e. The van der Waals surface area contributed by atoms with Gasteiger partial charge in [-0.25, -0.2) is 13.6 Å². The molecule has 0 heterocycles. The van der Waals surface area contributed by atoms with E-state index in [9.17, 15) is 18.0 Å². The first-order valence-corrected chi connectivity index (χ1v) is 7.80. The van der Waals surface area contributed by atoms with Gasteiger partial charge in [0, 0.05) is 5.69 Å². The predicted molar refractivity (Wildman–Crippen MR) is 76.8 cm³/mol. The van der Waals surface area contributed by atoms with Crippen molar-refractivity contribution in [1.82, 2.24) is 0 Å². The number of primary sulfonamides is 1. The van der Waals surface area contributed by atoms with Crippen LogP contribution in [0.15, 0.2) is 29.2 Å². The second-order valence-corrected chi connectivity index (χ2v) is 6.35. The van der Waals surface area contributed by atoms with E-state index in [1.165, 1.54) is 31.2 Å². The monoisotopic (exact) mass is 314 g/mol. The van der Waals surface area contributed by atoms with Crippen LogP contribution in [0.25, 0.3) is 0 Å². The number of carbonyl (C=O) groups excluding carboxylic acids is 2. The van der Waals surface area contributed by atoms with Crippen molar-refractivity contribution < 1.29 is 22.7 Å². The zero-order valence-electron chi connectivity index (χ0n) is 12.0. The lowest BCUT2D eigenvalue weighted by atomic mass is 10.2. The summed E-state index contributed by atoms with van der Waals surface area (Å²) in [6, 6.07) is 5.34. The van der Waals surface area contributed by atoms with Crippen LogP contribution < -0.4 is 10.5 Å². The lowest BCUT2D eigenvalue weighted by Crippen LogP contribution is -2.31. The highest BCUT2D eigenvalue weighted by Crippen LogP contribution is 2.13. The Morgan fingerprint density at radius 2 is 1.67 bits per heavy atom. The Kier molecular flexibility index (Phi) is 5.45. The predicted octanol–water partition coefficient (Wildman–Crippen LogP) is 0.860. The lowest BCUT2D eigenvalue weighted by Gasteiger charge is -2.15. The third-order valence-electron chi connectivity index (χ3n) is 2.58. The molecule has 0 unspecified atom stereocenters. The number of nitrogens with one attached hydrogen (secondary N) is 1. The molecule has 0 bridgehead atoms. The van der Waals surface area contributed by atoms with Gasteiger partial charge >= 0.3 is 5.97 Å². The van der Waals surface area contributed by atoms with Crippen molar-refractivity contribution in [1.29, 1.82) is 0 Å². The molecule has 1 aromatic rings. The second kappa shape index (κ2) is 6.68. The minimum absolute atomic E-state index is 0.0558. The summed E-state index contributed by atoms with van der Waals surface area (Å²) in [5.41, 5.74) is 0.375. The van der Waals surface area contributed by atoms with E-state index in [0.717, 1.165) is 0 Å². The summed E-state index contributed by atoms with van der Waals surface area (Å²) in [4.78, 5) is 23.1. The first-order chi connectivity index (χ1) is 9.61. The highest BCUT2D eigenvalue weighted by atomic mass is 32.2. The third kappa shape index (κ3) is 5.16. The molecule has 0 aliphatic carbocycles. The van der Waals surface area contributed by atoms with E-state index in [0.29, 0.717) is 5.69 Å². The Morgan fingerprint density at radius 1 is 1.14 bits per heavy atom. The largest absolute Gasteiger partial charge is 0.452 e. The first kappa shape index (κ1) is 17.1. The van der Waals surface area contributed by atoms with Gasteiger partial charge in [-0.15, -0.1) is 0 Å². The number of hydrogen-bond donors (Lipinski definition) is 2. The van der Waals surface area contributed by atoms with Crippen LogP contribution in [0.2, 0.25) is 0 Å². The van der Waals surface area contributed by atoms with Gasteiger partial charge in [-0.05, 0) is 31.2 Å². The van der Waals surface area contributed by atoms with Crippen LogP contribution in [-0.4, -0.2) is 26.4 Å². The summed E-state index contributed by atoms with van der Waals surface area (Å²) in [6.45, 7) is 4.78. The molecule has 8 heteroatoms. The van der Waals surface area contributed by atoms with Gasteiger partial charge in [0.05, 0.1) is 10.8 Å². The maximum atomic E-state index is 11.8. The molecule has 0 saturated heterocycles. The number of esters is 1. The maximum Gasteiger partial charge on any atom is 0.309 e. The summed E-state index contributed by atoms with van der Waals surface area (Å²) in [6.07, 6.45) is -0.946. The molecule has 1 rings (SSSR count). The highest BCUT2D eigenvalue weighted by Gasteiger charge is 2.19. The van der Waals surface area contributed by atoms with Crippen LogP contribution in [0.5, 0.6) is 0 Å². The molecule has 0 aromatic heterocycles. The van der Waals surface area contributed by atoms with Crippen LogP contribution in [-0.2, 0) is 24.3 Å². The SMILES string of the molecule is CC(C)C(=O)O[C@@H](C)C(=O)Nc1ccc(S(N)(=O)=O)cc1. The van der Waals surface area contributed by atoms with Crippen molar-refractivity contribution >= 4 is 27.6 Å². The van der Waals surface area contributed by atoms with Crippen molar-refractivity contribution in [2.75, 3.05) is 5.32 Å². The van der Waals surface area contributed by atoms with Crippen LogP contribution in [0.4, 0.5) is 5.69 Å². The minimum Gasteiger partial charge on any atom is -0.452 e. The molecule has 3 N–H and O–H groups in total. The number of ether oxygens (including phenoxy) is 1. The third-order valence-corrected chi connectivity index (χ3v) is 3.51. The summed E-state index contributed by atoms with van der Waals surface area (Å²) >= 11 is 0. The molecule has 21 heavy (non-hydrogen) atoms. The first-order valence-electron chi connectivity index (χ1n) is 6.25. The van der Waals surface area contributed by atoms with Crippen LogP contribution in [0.3, 0.4) is 0 Å². The molecule has 0 saturated carbocycles. The van der Waals surface area contributed by atoms with Gasteiger partial charge in [0.25, 0.3) is 5.91 Å². The van der Waals surface area contributed by atoms with E-state index in [1.807, 2.05) is 0 Å². The Balaban J connectivity index is 2.69. The van der Waals surface area contributed by atoms with Gasteiger partial charge < -0.3 is 10.1 Å². The van der Waals surface area contributed by atoms with Gasteiger partial charge in [0.15, 0.2) is 6.10 Å². The average molecular weight is 314 g/mol. The highest BCUT2D eigenvalue weighted by molar-refractivity contribution is 7.89. The molecule has 0 spiro atoms. The Bertz CT molecular complexity index is 622. The van der Waals surface area contributed by atoms with Crippen LogP contribution >= 0.6 is 0 Å². The Morgan fingerprint density at radius 3 is 2.10 bits per heavy atom. The average Bonchev–Trinajstić information content (AvgIpc) is 2.37. The summed E-state index contributed by atoms with van der Waals surface area (Å²) in [5.74, 6) is -1.30. The Hall–Kier alpha value is -1.93. The molecule has 1 atom stereocenters. The molecule has 0 aliphatic rings. The number of sulfonamides is 1. The van der Waals surface area contributed by atoms with E-state index in [4.69, 9.17) is 9.88 Å². The van der Waals surface area contributed by atoms with Crippen molar-refractivity contribution in [3.63, 3.8) is 0 Å². The number of hydrogen-bond acceptors (Lipinski definition) is 5. The Labute approximate surface area is 123 Å². The molecule has 7 nitrogen and oxygen atoms in total. The van der Waals surface area contributed by atoms with Crippen molar-refractivity contribution in [3.05, 3.63) is 24.3 Å². The number of amides is 1. The van der Waals surface area contributed by atoms with E-state index in [-0.39, 0.29) is 10.8 Å². The zero-order valence-corrected chi connectivity index (χ0v) is 12.8. The standard InChI is InChI=1S/C13H18N2O5S/c1-8(2)13(17)20-9(3)12(16)15-10-4-6-11(7-5-10)21(14,18)19/h4-9H,1-3H3,(H,15,16)(H2,14,18,19)/t9-/m0/s1. The fourth-order valence-electron chi connectivity index (χ4n) is 1.34. The number of benzene rings is 1. The molecular weight excluding hydrogens is 296 g/mol. The minimum atomic E-state index is -3.77. The van der Waals surface area contributed by atoms with Gasteiger partial charge in [0.1, 0.15) is 0 Å². The van der Waals surface area contributed by atoms with Gasteiger partial charge in [-0.1, -0.05) is 13.8 Å². The summed E-state index contributed by atoms with van der Waals surface area (Å²) in [5, 5.41) is 7.48. The molecule has 0 radical (unpaired) electrons. The number of nitrogens with two attached hydrogens (primary N) is 1. The summed E-state index contributed by atoms with van der Waals surface area (Å²) < 4.78 is 27.1.